The minimum absolute atomic E-state index is 0.222. The van der Waals surface area contributed by atoms with Crippen LogP contribution in [-0.2, 0) is 9.53 Å². The Kier molecular flexibility index (Phi) is 3.65. The average molecular weight is 251 g/mol. The first-order chi connectivity index (χ1) is 5.69. The Labute approximate surface area is 84.9 Å². The summed E-state index contributed by atoms with van der Waals surface area (Å²) in [5.41, 5.74) is 0. The van der Waals surface area contributed by atoms with Crippen molar-refractivity contribution in [1.82, 2.24) is 0 Å². The van der Waals surface area contributed by atoms with Crippen molar-refractivity contribution in [3.05, 3.63) is 11.0 Å². The van der Waals surface area contributed by atoms with E-state index < -0.39 is 0 Å². The SMILES string of the molecule is CCC1SC(C(=O)OC)=CC1Br. The molecule has 0 saturated heterocycles. The maximum absolute atomic E-state index is 11.1. The second kappa shape index (κ2) is 4.33. The fraction of sp³-hybridized carbons (Fsp3) is 0.625. The van der Waals surface area contributed by atoms with E-state index in [2.05, 4.69) is 27.6 Å². The van der Waals surface area contributed by atoms with Crippen LogP contribution in [0.2, 0.25) is 0 Å². The van der Waals surface area contributed by atoms with Gasteiger partial charge in [-0.3, -0.25) is 0 Å². The Bertz CT molecular complexity index is 215. The molecule has 12 heavy (non-hydrogen) atoms. The molecule has 0 aromatic heterocycles. The molecule has 0 amide bonds. The van der Waals surface area contributed by atoms with E-state index in [1.807, 2.05) is 6.08 Å². The van der Waals surface area contributed by atoms with Gasteiger partial charge in [0.15, 0.2) is 0 Å². The quantitative estimate of drug-likeness (QED) is 0.556. The number of alkyl halides is 1. The van der Waals surface area contributed by atoms with Crippen molar-refractivity contribution < 1.29 is 9.53 Å². The molecule has 1 heterocycles. The average Bonchev–Trinajstić information content (AvgIpc) is 2.45. The van der Waals surface area contributed by atoms with Crippen LogP contribution in [0.25, 0.3) is 0 Å². The summed E-state index contributed by atoms with van der Waals surface area (Å²) in [5, 5.41) is 0.471. The molecule has 1 rings (SSSR count). The number of halogens is 1. The van der Waals surface area contributed by atoms with Crippen LogP contribution in [0.15, 0.2) is 11.0 Å². The molecule has 0 spiro atoms. The van der Waals surface area contributed by atoms with Crippen LogP contribution in [-0.4, -0.2) is 23.2 Å². The van der Waals surface area contributed by atoms with E-state index in [0.717, 1.165) is 11.3 Å². The number of methoxy groups -OCH3 is 1. The van der Waals surface area contributed by atoms with Crippen LogP contribution in [0.3, 0.4) is 0 Å². The summed E-state index contributed by atoms with van der Waals surface area (Å²) in [6, 6.07) is 0. The molecule has 0 bridgehead atoms. The number of ether oxygens (including phenoxy) is 1. The monoisotopic (exact) mass is 250 g/mol. The van der Waals surface area contributed by atoms with E-state index in [9.17, 15) is 4.79 Å². The van der Waals surface area contributed by atoms with Gasteiger partial charge in [-0.05, 0) is 12.5 Å². The van der Waals surface area contributed by atoms with E-state index in [-0.39, 0.29) is 5.97 Å². The fourth-order valence-electron chi connectivity index (χ4n) is 1.04. The van der Waals surface area contributed by atoms with Crippen LogP contribution < -0.4 is 0 Å². The van der Waals surface area contributed by atoms with E-state index in [1.165, 1.54) is 7.11 Å². The number of carbonyl (C=O) groups excluding carboxylic acids is 1. The van der Waals surface area contributed by atoms with Crippen molar-refractivity contribution in [3.63, 3.8) is 0 Å². The van der Waals surface area contributed by atoms with Crippen molar-refractivity contribution in [2.45, 2.75) is 23.4 Å². The third kappa shape index (κ3) is 2.04. The minimum atomic E-state index is -0.222. The Balaban J connectivity index is 2.61. The zero-order valence-electron chi connectivity index (χ0n) is 7.04. The van der Waals surface area contributed by atoms with Gasteiger partial charge in [-0.15, -0.1) is 11.8 Å². The summed E-state index contributed by atoms with van der Waals surface area (Å²) < 4.78 is 4.63. The first-order valence-corrected chi connectivity index (χ1v) is 5.59. The molecule has 0 aromatic rings. The standard InChI is InChI=1S/C8H11BrO2S/c1-3-6-5(9)4-7(12-6)8(10)11-2/h4-6H,3H2,1-2H3. The lowest BCUT2D eigenvalue weighted by atomic mass is 10.2. The lowest BCUT2D eigenvalue weighted by Gasteiger charge is -2.08. The highest BCUT2D eigenvalue weighted by atomic mass is 79.9. The first-order valence-electron chi connectivity index (χ1n) is 3.80. The summed E-state index contributed by atoms with van der Waals surface area (Å²) in [6.07, 6.45) is 2.97. The van der Waals surface area contributed by atoms with Crippen molar-refractivity contribution >= 4 is 33.7 Å². The zero-order chi connectivity index (χ0) is 9.14. The van der Waals surface area contributed by atoms with Crippen molar-refractivity contribution in [1.29, 1.82) is 0 Å². The Morgan fingerprint density at radius 1 is 1.83 bits per heavy atom. The van der Waals surface area contributed by atoms with Gasteiger partial charge in [0.25, 0.3) is 0 Å². The van der Waals surface area contributed by atoms with Crippen LogP contribution in [0.1, 0.15) is 13.3 Å². The van der Waals surface area contributed by atoms with Gasteiger partial charge in [0.05, 0.1) is 12.0 Å². The summed E-state index contributed by atoms with van der Waals surface area (Å²) in [4.78, 5) is 12.1. The molecule has 1 aliphatic heterocycles. The minimum Gasteiger partial charge on any atom is -0.465 e. The highest BCUT2D eigenvalue weighted by Gasteiger charge is 2.28. The second-order valence-electron chi connectivity index (χ2n) is 2.53. The molecule has 2 nitrogen and oxygen atoms in total. The van der Waals surface area contributed by atoms with Gasteiger partial charge in [0.1, 0.15) is 0 Å². The second-order valence-corrected chi connectivity index (χ2v) is 4.87. The molecule has 0 N–H and O–H groups in total. The number of hydrogen-bond donors (Lipinski definition) is 0. The molecule has 0 aromatic carbocycles. The van der Waals surface area contributed by atoms with Crippen molar-refractivity contribution in [3.8, 4) is 0 Å². The van der Waals surface area contributed by atoms with E-state index >= 15 is 0 Å². The number of allylic oxidation sites excluding steroid dienone is 1. The first kappa shape index (κ1) is 10.1. The molecule has 2 atom stereocenters. The van der Waals surface area contributed by atoms with Gasteiger partial charge >= 0.3 is 5.97 Å². The molecule has 1 aliphatic rings. The summed E-state index contributed by atoms with van der Waals surface area (Å²) in [6.45, 7) is 2.11. The molecule has 0 saturated carbocycles. The largest absolute Gasteiger partial charge is 0.465 e. The van der Waals surface area contributed by atoms with E-state index in [0.29, 0.717) is 10.1 Å². The molecular weight excluding hydrogens is 240 g/mol. The smallest absolute Gasteiger partial charge is 0.344 e. The number of thioether (sulfide) groups is 1. The lowest BCUT2D eigenvalue weighted by molar-refractivity contribution is -0.135. The summed E-state index contributed by atoms with van der Waals surface area (Å²) in [5.74, 6) is -0.222. The van der Waals surface area contributed by atoms with Gasteiger partial charge in [-0.25, -0.2) is 4.79 Å². The topological polar surface area (TPSA) is 26.3 Å². The number of rotatable bonds is 2. The van der Waals surface area contributed by atoms with Gasteiger partial charge < -0.3 is 4.74 Å². The number of esters is 1. The fourth-order valence-corrected chi connectivity index (χ4v) is 3.29. The molecular formula is C8H11BrO2S. The van der Waals surface area contributed by atoms with Gasteiger partial charge in [-0.1, -0.05) is 22.9 Å². The van der Waals surface area contributed by atoms with Gasteiger partial charge in [0.2, 0.25) is 0 Å². The Morgan fingerprint density at radius 2 is 2.50 bits per heavy atom. The van der Waals surface area contributed by atoms with Crippen LogP contribution in [0, 0.1) is 0 Å². The molecule has 0 aliphatic carbocycles. The normalized spacial score (nSPS) is 28.4. The Morgan fingerprint density at radius 3 is 2.92 bits per heavy atom. The maximum Gasteiger partial charge on any atom is 0.344 e. The lowest BCUT2D eigenvalue weighted by Crippen LogP contribution is -2.08. The third-order valence-electron chi connectivity index (χ3n) is 1.73. The van der Waals surface area contributed by atoms with E-state index in [1.54, 1.807) is 11.8 Å². The molecule has 2 unspecified atom stereocenters. The van der Waals surface area contributed by atoms with Crippen molar-refractivity contribution in [2.75, 3.05) is 7.11 Å². The van der Waals surface area contributed by atoms with Gasteiger partial charge in [0, 0.05) is 10.1 Å². The number of carbonyl (C=O) groups is 1. The molecule has 0 fully saturated rings. The predicted molar refractivity (Wildman–Crippen MR) is 54.5 cm³/mol. The summed E-state index contributed by atoms with van der Waals surface area (Å²) in [7, 11) is 1.41. The number of hydrogen-bond acceptors (Lipinski definition) is 3. The zero-order valence-corrected chi connectivity index (χ0v) is 9.44. The highest BCUT2D eigenvalue weighted by molar-refractivity contribution is 9.09. The Hall–Kier alpha value is 0.0400. The van der Waals surface area contributed by atoms with Crippen LogP contribution >= 0.6 is 27.7 Å². The molecule has 0 radical (unpaired) electrons. The highest BCUT2D eigenvalue weighted by Crippen LogP contribution is 2.38. The predicted octanol–water partition coefficient (Wildman–Crippen LogP) is 2.33. The van der Waals surface area contributed by atoms with E-state index in [4.69, 9.17) is 0 Å². The molecule has 68 valence electrons. The van der Waals surface area contributed by atoms with Crippen LogP contribution in [0.5, 0.6) is 0 Å². The van der Waals surface area contributed by atoms with Gasteiger partial charge in [-0.2, -0.15) is 0 Å². The van der Waals surface area contributed by atoms with Crippen molar-refractivity contribution in [2.24, 2.45) is 0 Å². The summed E-state index contributed by atoms with van der Waals surface area (Å²) >= 11 is 5.09. The maximum atomic E-state index is 11.1. The van der Waals surface area contributed by atoms with Crippen LogP contribution in [0.4, 0.5) is 0 Å². The third-order valence-corrected chi connectivity index (χ3v) is 4.47. The molecule has 4 heteroatoms.